The first kappa shape index (κ1) is 16.1. The Balaban J connectivity index is 2.78. The minimum Gasteiger partial charge on any atom is -0.480 e. The van der Waals surface area contributed by atoms with Crippen LogP contribution in [0.2, 0.25) is 10.0 Å². The van der Waals surface area contributed by atoms with Crippen molar-refractivity contribution in [2.75, 3.05) is 5.32 Å². The van der Waals surface area contributed by atoms with Gasteiger partial charge in [-0.2, -0.15) is 0 Å². The Morgan fingerprint density at radius 2 is 2.00 bits per heavy atom. The van der Waals surface area contributed by atoms with Gasteiger partial charge in [0.15, 0.2) is 0 Å². The van der Waals surface area contributed by atoms with E-state index in [4.69, 9.17) is 28.3 Å². The molecule has 0 spiro atoms. The number of rotatable bonds is 4. The number of carboxylic acid groups (broad SMARTS) is 1. The second kappa shape index (κ2) is 6.98. The average Bonchev–Trinajstić information content (AvgIpc) is 2.36. The van der Waals surface area contributed by atoms with Gasteiger partial charge in [0.25, 0.3) is 0 Å². The third-order valence-corrected chi connectivity index (χ3v) is 4.07. The van der Waals surface area contributed by atoms with Gasteiger partial charge >= 0.3 is 12.0 Å². The lowest BCUT2D eigenvalue weighted by molar-refractivity contribution is -0.139. The van der Waals surface area contributed by atoms with Crippen LogP contribution in [0.5, 0.6) is 0 Å². The molecule has 0 saturated carbocycles. The van der Waals surface area contributed by atoms with E-state index in [0.29, 0.717) is 10.2 Å². The van der Waals surface area contributed by atoms with E-state index in [2.05, 4.69) is 26.6 Å². The van der Waals surface area contributed by atoms with Gasteiger partial charge in [-0.1, -0.05) is 30.1 Å². The Morgan fingerprint density at radius 3 is 2.53 bits per heavy atom. The molecule has 0 aliphatic heterocycles. The van der Waals surface area contributed by atoms with Crippen molar-refractivity contribution in [1.29, 1.82) is 0 Å². The van der Waals surface area contributed by atoms with Crippen LogP contribution in [0.3, 0.4) is 0 Å². The van der Waals surface area contributed by atoms with Gasteiger partial charge in [0.2, 0.25) is 0 Å². The Labute approximate surface area is 128 Å². The molecule has 1 aromatic rings. The van der Waals surface area contributed by atoms with Crippen LogP contribution in [0.15, 0.2) is 16.6 Å². The van der Waals surface area contributed by atoms with Crippen molar-refractivity contribution in [3.8, 4) is 0 Å². The molecular formula is C11H11BrCl2N2O3. The molecular weight excluding hydrogens is 359 g/mol. The molecule has 1 rings (SSSR count). The van der Waals surface area contributed by atoms with Crippen molar-refractivity contribution in [3.05, 3.63) is 26.7 Å². The zero-order chi connectivity index (χ0) is 14.6. The summed E-state index contributed by atoms with van der Waals surface area (Å²) in [6, 6.07) is 1.57. The minimum atomic E-state index is -1.10. The molecule has 0 bridgehead atoms. The van der Waals surface area contributed by atoms with E-state index in [9.17, 15) is 9.59 Å². The van der Waals surface area contributed by atoms with Gasteiger partial charge in [0, 0.05) is 4.47 Å². The first-order valence-electron chi connectivity index (χ1n) is 5.30. The summed E-state index contributed by atoms with van der Waals surface area (Å²) in [5.41, 5.74) is 0.299. The highest BCUT2D eigenvalue weighted by Crippen LogP contribution is 2.35. The highest BCUT2D eigenvalue weighted by Gasteiger charge is 2.18. The lowest BCUT2D eigenvalue weighted by Crippen LogP contribution is -2.42. The summed E-state index contributed by atoms with van der Waals surface area (Å²) in [5, 5.41) is 14.0. The SMILES string of the molecule is CC[C@@H](NC(=O)Nc1ccc(Br)c(Cl)c1Cl)C(=O)O. The third-order valence-electron chi connectivity index (χ3n) is 2.30. The fourth-order valence-electron chi connectivity index (χ4n) is 1.28. The van der Waals surface area contributed by atoms with Crippen molar-refractivity contribution in [2.45, 2.75) is 19.4 Å². The number of carbonyl (C=O) groups is 2. The second-order valence-corrected chi connectivity index (χ2v) is 5.23. The number of hydrogen-bond donors (Lipinski definition) is 3. The predicted octanol–water partition coefficient (Wildman–Crippen LogP) is 3.74. The summed E-state index contributed by atoms with van der Waals surface area (Å²) in [6.45, 7) is 1.66. The maximum atomic E-state index is 11.6. The largest absolute Gasteiger partial charge is 0.480 e. The predicted molar refractivity (Wildman–Crippen MR) is 78.0 cm³/mol. The highest BCUT2D eigenvalue weighted by molar-refractivity contribution is 9.10. The second-order valence-electron chi connectivity index (χ2n) is 3.62. The van der Waals surface area contributed by atoms with Crippen molar-refractivity contribution in [3.63, 3.8) is 0 Å². The Bertz CT molecular complexity index is 511. The molecule has 2 amide bonds. The molecule has 104 valence electrons. The van der Waals surface area contributed by atoms with Crippen molar-refractivity contribution in [2.24, 2.45) is 0 Å². The van der Waals surface area contributed by atoms with Crippen molar-refractivity contribution >= 4 is 56.8 Å². The van der Waals surface area contributed by atoms with Crippen LogP contribution in [0.25, 0.3) is 0 Å². The number of carbonyl (C=O) groups excluding carboxylic acids is 1. The summed E-state index contributed by atoms with van der Waals surface area (Å²) in [6.07, 6.45) is 0.275. The van der Waals surface area contributed by atoms with Crippen LogP contribution in [0, 0.1) is 0 Å². The van der Waals surface area contributed by atoms with Gasteiger partial charge in [-0.25, -0.2) is 9.59 Å². The van der Waals surface area contributed by atoms with Crippen LogP contribution in [0.1, 0.15) is 13.3 Å². The topological polar surface area (TPSA) is 78.4 Å². The monoisotopic (exact) mass is 368 g/mol. The fourth-order valence-corrected chi connectivity index (χ4v) is 2.10. The Kier molecular flexibility index (Phi) is 5.90. The van der Waals surface area contributed by atoms with Crippen LogP contribution in [0.4, 0.5) is 10.5 Å². The van der Waals surface area contributed by atoms with Crippen molar-refractivity contribution < 1.29 is 14.7 Å². The number of anilines is 1. The minimum absolute atomic E-state index is 0.176. The molecule has 0 saturated heterocycles. The molecule has 0 unspecified atom stereocenters. The average molecular weight is 370 g/mol. The maximum Gasteiger partial charge on any atom is 0.326 e. The zero-order valence-corrected chi connectivity index (χ0v) is 12.9. The summed E-state index contributed by atoms with van der Waals surface area (Å²) in [4.78, 5) is 22.4. The first-order chi connectivity index (χ1) is 8.86. The number of nitrogens with one attached hydrogen (secondary N) is 2. The molecule has 0 aliphatic carbocycles. The number of urea groups is 1. The lowest BCUT2D eigenvalue weighted by atomic mass is 10.2. The molecule has 19 heavy (non-hydrogen) atoms. The molecule has 0 aromatic heterocycles. The van der Waals surface area contributed by atoms with Crippen LogP contribution in [-0.2, 0) is 4.79 Å². The van der Waals surface area contributed by atoms with E-state index in [1.807, 2.05) is 0 Å². The van der Waals surface area contributed by atoms with Crippen LogP contribution < -0.4 is 10.6 Å². The smallest absolute Gasteiger partial charge is 0.326 e. The van der Waals surface area contributed by atoms with E-state index in [1.165, 1.54) is 0 Å². The fraction of sp³-hybridized carbons (Fsp3) is 0.273. The number of benzene rings is 1. The molecule has 8 heteroatoms. The zero-order valence-electron chi connectivity index (χ0n) is 9.84. The number of aliphatic carboxylic acids is 1. The summed E-state index contributed by atoms with van der Waals surface area (Å²) in [5.74, 6) is -1.10. The van der Waals surface area contributed by atoms with Gasteiger partial charge in [-0.3, -0.25) is 0 Å². The van der Waals surface area contributed by atoms with E-state index in [1.54, 1.807) is 19.1 Å². The number of hydrogen-bond acceptors (Lipinski definition) is 2. The standard InChI is InChI=1S/C11H11BrCl2N2O3/c1-2-6(10(17)18)15-11(19)16-7-4-3-5(12)8(13)9(7)14/h3-4,6H,2H2,1H3,(H,17,18)(H2,15,16,19)/t6-/m1/s1. The summed E-state index contributed by atoms with van der Waals surface area (Å²) < 4.78 is 0.599. The van der Waals surface area contributed by atoms with Crippen LogP contribution >= 0.6 is 39.1 Å². The lowest BCUT2D eigenvalue weighted by Gasteiger charge is -2.14. The van der Waals surface area contributed by atoms with Gasteiger partial charge in [0.1, 0.15) is 6.04 Å². The summed E-state index contributed by atoms with van der Waals surface area (Å²) in [7, 11) is 0. The van der Waals surface area contributed by atoms with Gasteiger partial charge in [-0.05, 0) is 34.5 Å². The maximum absolute atomic E-state index is 11.6. The first-order valence-corrected chi connectivity index (χ1v) is 6.85. The van der Waals surface area contributed by atoms with Gasteiger partial charge in [-0.15, -0.1) is 0 Å². The van der Waals surface area contributed by atoms with Gasteiger partial charge in [0.05, 0.1) is 15.7 Å². The molecule has 1 aromatic carbocycles. The van der Waals surface area contributed by atoms with E-state index in [0.717, 1.165) is 0 Å². The number of halogens is 3. The number of amides is 2. The van der Waals surface area contributed by atoms with E-state index < -0.39 is 18.0 Å². The molecule has 0 heterocycles. The number of carboxylic acids is 1. The van der Waals surface area contributed by atoms with E-state index >= 15 is 0 Å². The third kappa shape index (κ3) is 4.26. The van der Waals surface area contributed by atoms with Crippen molar-refractivity contribution in [1.82, 2.24) is 5.32 Å². The quantitative estimate of drug-likeness (QED) is 0.707. The van der Waals surface area contributed by atoms with Crippen LogP contribution in [-0.4, -0.2) is 23.1 Å². The Hall–Kier alpha value is -0.980. The summed E-state index contributed by atoms with van der Waals surface area (Å²) >= 11 is 15.1. The molecule has 0 fully saturated rings. The molecule has 0 aliphatic rings. The highest BCUT2D eigenvalue weighted by atomic mass is 79.9. The molecule has 5 nitrogen and oxygen atoms in total. The normalized spacial score (nSPS) is 11.8. The van der Waals surface area contributed by atoms with Gasteiger partial charge < -0.3 is 15.7 Å². The molecule has 1 atom stereocenters. The van der Waals surface area contributed by atoms with E-state index in [-0.39, 0.29) is 16.5 Å². The molecule has 3 N–H and O–H groups in total. The molecule has 0 radical (unpaired) electrons. The Morgan fingerprint density at radius 1 is 1.37 bits per heavy atom.